The van der Waals surface area contributed by atoms with Crippen LogP contribution in [-0.4, -0.2) is 80.4 Å². The predicted octanol–water partition coefficient (Wildman–Crippen LogP) is 0.645. The Balaban J connectivity index is 1.83. The molecule has 0 amide bonds. The molecule has 2 saturated heterocycles. The molecule has 0 aromatic heterocycles. The van der Waals surface area contributed by atoms with Gasteiger partial charge in [-0.1, -0.05) is 0 Å². The van der Waals surface area contributed by atoms with Crippen LogP contribution < -0.4 is 0 Å². The minimum Gasteiger partial charge on any atom is -0.374 e. The van der Waals surface area contributed by atoms with Crippen LogP contribution in [0.25, 0.3) is 0 Å². The average Bonchev–Trinajstić information content (AvgIpc) is 2.32. The van der Waals surface area contributed by atoms with Gasteiger partial charge in [0.15, 0.2) is 0 Å². The summed E-state index contributed by atoms with van der Waals surface area (Å²) in [6.45, 7) is 7.81. The maximum Gasteiger partial charge on any atom is 0.0837 e. The van der Waals surface area contributed by atoms with Gasteiger partial charge in [-0.3, -0.25) is 4.90 Å². The van der Waals surface area contributed by atoms with Crippen LogP contribution in [0.4, 0.5) is 0 Å². The summed E-state index contributed by atoms with van der Waals surface area (Å²) in [5, 5.41) is 0. The van der Waals surface area contributed by atoms with E-state index in [2.05, 4.69) is 23.8 Å². The van der Waals surface area contributed by atoms with Crippen LogP contribution in [0.3, 0.4) is 0 Å². The first kappa shape index (κ1) is 13.6. The summed E-state index contributed by atoms with van der Waals surface area (Å²) in [4.78, 5) is 4.78. The lowest BCUT2D eigenvalue weighted by Gasteiger charge is -2.40. The summed E-state index contributed by atoms with van der Waals surface area (Å²) in [5.41, 5.74) is 0. The molecule has 2 aliphatic rings. The lowest BCUT2D eigenvalue weighted by atomic mass is 10.1. The number of rotatable bonds is 3. The molecule has 17 heavy (non-hydrogen) atoms. The highest BCUT2D eigenvalue weighted by Crippen LogP contribution is 2.15. The molecule has 3 unspecified atom stereocenters. The molecule has 0 saturated carbocycles. The van der Waals surface area contributed by atoms with E-state index in [4.69, 9.17) is 21.1 Å². The maximum absolute atomic E-state index is 5.87. The number of alkyl halides is 1. The first-order chi connectivity index (χ1) is 8.19. The molecule has 2 fully saturated rings. The summed E-state index contributed by atoms with van der Waals surface area (Å²) in [5.74, 6) is 0.578. The molecule has 0 N–H and O–H groups in total. The monoisotopic (exact) mass is 262 g/mol. The lowest BCUT2D eigenvalue weighted by molar-refractivity contribution is -0.0852. The van der Waals surface area contributed by atoms with Gasteiger partial charge >= 0.3 is 0 Å². The largest absolute Gasteiger partial charge is 0.374 e. The molecule has 4 nitrogen and oxygen atoms in total. The fourth-order valence-electron chi connectivity index (χ4n) is 2.46. The molecule has 0 aromatic carbocycles. The summed E-state index contributed by atoms with van der Waals surface area (Å²) >= 11 is 5.87. The third-order valence-corrected chi connectivity index (χ3v) is 3.93. The van der Waals surface area contributed by atoms with Crippen molar-refractivity contribution in [1.29, 1.82) is 0 Å². The second-order valence-corrected chi connectivity index (χ2v) is 5.48. The number of ether oxygens (including phenoxy) is 2. The van der Waals surface area contributed by atoms with Crippen molar-refractivity contribution >= 4 is 11.6 Å². The highest BCUT2D eigenvalue weighted by Gasteiger charge is 2.29. The molecule has 2 rings (SSSR count). The van der Waals surface area contributed by atoms with Crippen LogP contribution in [0.5, 0.6) is 0 Å². The zero-order valence-corrected chi connectivity index (χ0v) is 11.5. The number of morpholine rings is 2. The highest BCUT2D eigenvalue weighted by molar-refractivity contribution is 6.18. The Morgan fingerprint density at radius 2 is 2.06 bits per heavy atom. The summed E-state index contributed by atoms with van der Waals surface area (Å²) in [6.07, 6.45) is 0.500. The highest BCUT2D eigenvalue weighted by atomic mass is 35.5. The number of hydrogen-bond acceptors (Lipinski definition) is 4. The number of likely N-dealkylation sites (N-methyl/N-ethyl adjacent to an activating group) is 1. The van der Waals surface area contributed by atoms with Crippen molar-refractivity contribution in [3.05, 3.63) is 0 Å². The van der Waals surface area contributed by atoms with Crippen molar-refractivity contribution in [2.45, 2.75) is 25.2 Å². The van der Waals surface area contributed by atoms with E-state index in [0.717, 1.165) is 39.4 Å². The molecule has 2 heterocycles. The Hall–Kier alpha value is 0.130. The fourth-order valence-corrected chi connectivity index (χ4v) is 2.65. The van der Waals surface area contributed by atoms with Crippen LogP contribution in [0.15, 0.2) is 0 Å². The van der Waals surface area contributed by atoms with Gasteiger partial charge in [0, 0.05) is 38.1 Å². The van der Waals surface area contributed by atoms with Crippen LogP contribution in [-0.2, 0) is 9.47 Å². The smallest absolute Gasteiger partial charge is 0.0837 e. The van der Waals surface area contributed by atoms with Crippen LogP contribution in [0.1, 0.15) is 6.92 Å². The van der Waals surface area contributed by atoms with E-state index in [-0.39, 0.29) is 6.10 Å². The van der Waals surface area contributed by atoms with Crippen LogP contribution >= 0.6 is 11.6 Å². The zero-order chi connectivity index (χ0) is 12.3. The molecule has 0 spiro atoms. The van der Waals surface area contributed by atoms with Gasteiger partial charge < -0.3 is 14.4 Å². The standard InChI is InChI=1S/C12H23ClN2O2/c1-10-9-17-11(5-13)7-15(10)8-12-6-14(2)3-4-16-12/h10-12H,3-9H2,1-2H3. The fraction of sp³-hybridized carbons (Fsp3) is 1.00. The van der Waals surface area contributed by atoms with Crippen molar-refractivity contribution in [1.82, 2.24) is 9.80 Å². The Bertz CT molecular complexity index is 243. The van der Waals surface area contributed by atoms with E-state index in [9.17, 15) is 0 Å². The number of halogens is 1. The molecule has 100 valence electrons. The van der Waals surface area contributed by atoms with E-state index in [0.29, 0.717) is 18.0 Å². The minimum absolute atomic E-state index is 0.175. The van der Waals surface area contributed by atoms with E-state index < -0.39 is 0 Å². The zero-order valence-electron chi connectivity index (χ0n) is 10.8. The van der Waals surface area contributed by atoms with Gasteiger partial charge in [-0.15, -0.1) is 11.6 Å². The van der Waals surface area contributed by atoms with E-state index in [1.165, 1.54) is 0 Å². The Morgan fingerprint density at radius 1 is 1.24 bits per heavy atom. The molecule has 0 aromatic rings. The van der Waals surface area contributed by atoms with E-state index in [1.54, 1.807) is 0 Å². The molecule has 0 aliphatic carbocycles. The molecular formula is C12H23ClN2O2. The van der Waals surface area contributed by atoms with Gasteiger partial charge in [0.25, 0.3) is 0 Å². The quantitative estimate of drug-likeness (QED) is 0.697. The van der Waals surface area contributed by atoms with Gasteiger partial charge in [0.1, 0.15) is 0 Å². The third kappa shape index (κ3) is 3.80. The van der Waals surface area contributed by atoms with Gasteiger partial charge in [0.2, 0.25) is 0 Å². The van der Waals surface area contributed by atoms with Crippen LogP contribution in [0, 0.1) is 0 Å². The van der Waals surface area contributed by atoms with Crippen molar-refractivity contribution in [3.8, 4) is 0 Å². The summed E-state index contributed by atoms with van der Waals surface area (Å²) in [7, 11) is 2.15. The Labute approximate surface area is 109 Å². The van der Waals surface area contributed by atoms with E-state index >= 15 is 0 Å². The van der Waals surface area contributed by atoms with Gasteiger partial charge in [0.05, 0.1) is 25.4 Å². The number of nitrogens with zero attached hydrogens (tertiary/aromatic N) is 2. The van der Waals surface area contributed by atoms with Gasteiger partial charge in [-0.25, -0.2) is 0 Å². The predicted molar refractivity (Wildman–Crippen MR) is 68.7 cm³/mol. The maximum atomic E-state index is 5.87. The molecule has 3 atom stereocenters. The molecule has 0 bridgehead atoms. The first-order valence-electron chi connectivity index (χ1n) is 6.40. The second kappa shape index (κ2) is 6.34. The average molecular weight is 263 g/mol. The summed E-state index contributed by atoms with van der Waals surface area (Å²) in [6, 6.07) is 0.463. The lowest BCUT2D eigenvalue weighted by Crippen LogP contribution is -2.54. The molecular weight excluding hydrogens is 240 g/mol. The minimum atomic E-state index is 0.175. The van der Waals surface area contributed by atoms with Crippen molar-refractivity contribution < 1.29 is 9.47 Å². The van der Waals surface area contributed by atoms with Gasteiger partial charge in [-0.2, -0.15) is 0 Å². The van der Waals surface area contributed by atoms with Crippen LogP contribution in [0.2, 0.25) is 0 Å². The number of hydrogen-bond donors (Lipinski definition) is 0. The normalized spacial score (nSPS) is 37.2. The van der Waals surface area contributed by atoms with Crippen molar-refractivity contribution in [2.24, 2.45) is 0 Å². The first-order valence-corrected chi connectivity index (χ1v) is 6.94. The van der Waals surface area contributed by atoms with Crippen molar-refractivity contribution in [3.63, 3.8) is 0 Å². The summed E-state index contributed by atoms with van der Waals surface area (Å²) < 4.78 is 11.5. The SMILES string of the molecule is CC1COC(CCl)CN1CC1CN(C)CCO1. The molecule has 0 radical (unpaired) electrons. The topological polar surface area (TPSA) is 24.9 Å². The second-order valence-electron chi connectivity index (χ2n) is 5.17. The van der Waals surface area contributed by atoms with Gasteiger partial charge in [-0.05, 0) is 14.0 Å². The Kier molecular flexibility index (Phi) is 5.06. The third-order valence-electron chi connectivity index (χ3n) is 3.59. The van der Waals surface area contributed by atoms with E-state index in [1.807, 2.05) is 0 Å². The molecule has 5 heteroatoms. The van der Waals surface area contributed by atoms with Crippen molar-refractivity contribution in [2.75, 3.05) is 52.3 Å². The molecule has 2 aliphatic heterocycles. The Morgan fingerprint density at radius 3 is 2.76 bits per heavy atom.